The van der Waals surface area contributed by atoms with Crippen molar-refractivity contribution in [3.63, 3.8) is 0 Å². The van der Waals surface area contributed by atoms with Gasteiger partial charge in [0.15, 0.2) is 0 Å². The topological polar surface area (TPSA) is 24.9 Å². The SMILES string of the molecule is CNc1ccc(-c2sc(C#Cc3cccnc3)cc2C)cc1. The summed E-state index contributed by atoms with van der Waals surface area (Å²) in [6.07, 6.45) is 3.54. The summed E-state index contributed by atoms with van der Waals surface area (Å²) in [5.41, 5.74) is 4.55. The Kier molecular flexibility index (Phi) is 4.22. The fraction of sp³-hybridized carbons (Fsp3) is 0.105. The highest BCUT2D eigenvalue weighted by molar-refractivity contribution is 7.16. The molecule has 0 atom stereocenters. The molecule has 22 heavy (non-hydrogen) atoms. The summed E-state index contributed by atoms with van der Waals surface area (Å²) in [7, 11) is 1.93. The maximum absolute atomic E-state index is 4.08. The summed E-state index contributed by atoms with van der Waals surface area (Å²) < 4.78 is 0. The largest absolute Gasteiger partial charge is 0.388 e. The molecule has 2 heterocycles. The maximum Gasteiger partial charge on any atom is 0.0781 e. The molecule has 108 valence electrons. The van der Waals surface area contributed by atoms with E-state index in [1.807, 2.05) is 19.2 Å². The smallest absolute Gasteiger partial charge is 0.0781 e. The molecule has 2 aromatic heterocycles. The summed E-state index contributed by atoms with van der Waals surface area (Å²) in [5, 5.41) is 3.14. The minimum atomic E-state index is 0.938. The molecular formula is C19H16N2S. The summed E-state index contributed by atoms with van der Waals surface area (Å²) in [4.78, 5) is 6.43. The molecular weight excluding hydrogens is 288 g/mol. The van der Waals surface area contributed by atoms with Gasteiger partial charge in [0, 0.05) is 35.6 Å². The number of thiophene rings is 1. The molecule has 0 spiro atoms. The molecule has 3 rings (SSSR count). The molecule has 1 aromatic carbocycles. The summed E-state index contributed by atoms with van der Waals surface area (Å²) in [6, 6.07) is 14.5. The highest BCUT2D eigenvalue weighted by Gasteiger charge is 2.06. The third-order valence-electron chi connectivity index (χ3n) is 3.35. The first kappa shape index (κ1) is 14.4. The quantitative estimate of drug-likeness (QED) is 0.702. The van der Waals surface area contributed by atoms with Gasteiger partial charge in [-0.3, -0.25) is 4.98 Å². The Morgan fingerprint density at radius 2 is 1.91 bits per heavy atom. The molecule has 0 amide bonds. The van der Waals surface area contributed by atoms with Crippen molar-refractivity contribution in [3.8, 4) is 22.3 Å². The van der Waals surface area contributed by atoms with Crippen LogP contribution >= 0.6 is 11.3 Å². The zero-order chi connectivity index (χ0) is 15.4. The molecule has 0 saturated carbocycles. The van der Waals surface area contributed by atoms with E-state index in [1.165, 1.54) is 16.0 Å². The maximum atomic E-state index is 4.08. The average molecular weight is 304 g/mol. The Morgan fingerprint density at radius 3 is 2.59 bits per heavy atom. The lowest BCUT2D eigenvalue weighted by Crippen LogP contribution is -1.86. The Labute approximate surface area is 134 Å². The van der Waals surface area contributed by atoms with Crippen LogP contribution in [0.15, 0.2) is 54.9 Å². The van der Waals surface area contributed by atoms with Gasteiger partial charge in [0.25, 0.3) is 0 Å². The van der Waals surface area contributed by atoms with Crippen LogP contribution in [-0.2, 0) is 0 Å². The number of rotatable bonds is 2. The molecule has 0 aliphatic carbocycles. The van der Waals surface area contributed by atoms with E-state index in [0.29, 0.717) is 0 Å². The van der Waals surface area contributed by atoms with Crippen molar-refractivity contribution in [2.75, 3.05) is 12.4 Å². The third kappa shape index (κ3) is 3.19. The lowest BCUT2D eigenvalue weighted by Gasteiger charge is -2.02. The molecule has 0 fully saturated rings. The van der Waals surface area contributed by atoms with Crippen LogP contribution < -0.4 is 5.32 Å². The normalized spacial score (nSPS) is 9.91. The fourth-order valence-corrected chi connectivity index (χ4v) is 3.22. The third-order valence-corrected chi connectivity index (χ3v) is 4.55. The van der Waals surface area contributed by atoms with Crippen molar-refractivity contribution in [1.82, 2.24) is 4.98 Å². The van der Waals surface area contributed by atoms with Crippen LogP contribution in [-0.4, -0.2) is 12.0 Å². The van der Waals surface area contributed by atoms with E-state index < -0.39 is 0 Å². The van der Waals surface area contributed by atoms with E-state index in [9.17, 15) is 0 Å². The lowest BCUT2D eigenvalue weighted by atomic mass is 10.1. The Hall–Kier alpha value is -2.57. The van der Waals surface area contributed by atoms with Gasteiger partial charge in [-0.25, -0.2) is 0 Å². The minimum absolute atomic E-state index is 0.938. The van der Waals surface area contributed by atoms with Crippen LogP contribution in [0, 0.1) is 18.8 Å². The molecule has 1 N–H and O–H groups in total. The van der Waals surface area contributed by atoms with E-state index >= 15 is 0 Å². The number of aryl methyl sites for hydroxylation is 1. The zero-order valence-corrected chi connectivity index (χ0v) is 13.4. The van der Waals surface area contributed by atoms with Gasteiger partial charge in [-0.15, -0.1) is 11.3 Å². The number of pyridine rings is 1. The van der Waals surface area contributed by atoms with Crippen LogP contribution in [0.5, 0.6) is 0 Å². The van der Waals surface area contributed by atoms with E-state index in [0.717, 1.165) is 16.1 Å². The minimum Gasteiger partial charge on any atom is -0.388 e. The number of nitrogens with one attached hydrogen (secondary N) is 1. The second-order valence-electron chi connectivity index (χ2n) is 4.94. The zero-order valence-electron chi connectivity index (χ0n) is 12.6. The molecule has 0 saturated heterocycles. The van der Waals surface area contributed by atoms with Gasteiger partial charge in [0.1, 0.15) is 0 Å². The van der Waals surface area contributed by atoms with Crippen molar-refractivity contribution < 1.29 is 0 Å². The van der Waals surface area contributed by atoms with Crippen LogP contribution in [0.25, 0.3) is 10.4 Å². The van der Waals surface area contributed by atoms with E-state index in [4.69, 9.17) is 0 Å². The van der Waals surface area contributed by atoms with Gasteiger partial charge in [-0.05, 0) is 48.4 Å². The van der Waals surface area contributed by atoms with Gasteiger partial charge in [-0.2, -0.15) is 0 Å². The number of benzene rings is 1. The van der Waals surface area contributed by atoms with Crippen molar-refractivity contribution in [2.24, 2.45) is 0 Å². The predicted molar refractivity (Wildman–Crippen MR) is 94.3 cm³/mol. The number of anilines is 1. The Bertz CT molecular complexity index is 821. The van der Waals surface area contributed by atoms with Crippen molar-refractivity contribution in [2.45, 2.75) is 6.92 Å². The Morgan fingerprint density at radius 1 is 1.09 bits per heavy atom. The number of nitrogens with zero attached hydrogens (tertiary/aromatic N) is 1. The van der Waals surface area contributed by atoms with Crippen LogP contribution in [0.4, 0.5) is 5.69 Å². The molecule has 3 aromatic rings. The van der Waals surface area contributed by atoms with Gasteiger partial charge < -0.3 is 5.32 Å². The number of hydrogen-bond donors (Lipinski definition) is 1. The highest BCUT2D eigenvalue weighted by atomic mass is 32.1. The summed E-state index contributed by atoms with van der Waals surface area (Å²) in [5.74, 6) is 6.39. The van der Waals surface area contributed by atoms with Crippen molar-refractivity contribution in [3.05, 3.63) is 70.9 Å². The predicted octanol–water partition coefficient (Wildman–Crippen LogP) is 4.56. The second kappa shape index (κ2) is 6.46. The first-order valence-electron chi connectivity index (χ1n) is 7.07. The first-order valence-corrected chi connectivity index (χ1v) is 7.88. The Balaban J connectivity index is 1.89. The van der Waals surface area contributed by atoms with Crippen LogP contribution in [0.2, 0.25) is 0 Å². The fourth-order valence-electron chi connectivity index (χ4n) is 2.19. The van der Waals surface area contributed by atoms with E-state index in [-0.39, 0.29) is 0 Å². The van der Waals surface area contributed by atoms with Gasteiger partial charge in [-0.1, -0.05) is 24.0 Å². The monoisotopic (exact) mass is 304 g/mol. The molecule has 2 nitrogen and oxygen atoms in total. The first-order chi connectivity index (χ1) is 10.8. The van der Waals surface area contributed by atoms with Crippen molar-refractivity contribution >= 4 is 17.0 Å². The number of hydrogen-bond acceptors (Lipinski definition) is 3. The molecule has 0 aliphatic heterocycles. The summed E-state index contributed by atoms with van der Waals surface area (Å²) >= 11 is 1.73. The summed E-state index contributed by atoms with van der Waals surface area (Å²) in [6.45, 7) is 2.13. The molecule has 0 unspecified atom stereocenters. The molecule has 3 heteroatoms. The molecule has 0 aliphatic rings. The van der Waals surface area contributed by atoms with E-state index in [1.54, 1.807) is 23.7 Å². The number of aromatic nitrogens is 1. The van der Waals surface area contributed by atoms with Gasteiger partial charge in [0.2, 0.25) is 0 Å². The molecule has 0 radical (unpaired) electrons. The van der Waals surface area contributed by atoms with Gasteiger partial charge in [0.05, 0.1) is 4.88 Å². The second-order valence-corrected chi connectivity index (χ2v) is 5.99. The van der Waals surface area contributed by atoms with E-state index in [2.05, 4.69) is 59.4 Å². The van der Waals surface area contributed by atoms with Gasteiger partial charge >= 0.3 is 0 Å². The standard InChI is InChI=1S/C19H16N2S/c1-14-12-18(10-5-15-4-3-11-21-13-15)22-19(14)16-6-8-17(20-2)9-7-16/h3-4,6-9,11-13,20H,1-2H3. The lowest BCUT2D eigenvalue weighted by molar-refractivity contribution is 1.31. The molecule has 0 bridgehead atoms. The van der Waals surface area contributed by atoms with Crippen molar-refractivity contribution in [1.29, 1.82) is 0 Å². The van der Waals surface area contributed by atoms with Crippen LogP contribution in [0.3, 0.4) is 0 Å². The average Bonchev–Trinajstić information content (AvgIpc) is 2.95. The van der Waals surface area contributed by atoms with Crippen LogP contribution in [0.1, 0.15) is 16.0 Å². The highest BCUT2D eigenvalue weighted by Crippen LogP contribution is 2.32.